The summed E-state index contributed by atoms with van der Waals surface area (Å²) < 4.78 is 4.70. The molecule has 2 atom stereocenters. The van der Waals surface area contributed by atoms with Crippen molar-refractivity contribution in [3.8, 4) is 5.88 Å². The maximum atomic E-state index is 12.6. The van der Waals surface area contributed by atoms with E-state index in [4.69, 9.17) is 0 Å². The van der Waals surface area contributed by atoms with Crippen molar-refractivity contribution in [1.82, 2.24) is 14.5 Å². The summed E-state index contributed by atoms with van der Waals surface area (Å²) in [6.45, 7) is 8.72. The van der Waals surface area contributed by atoms with E-state index in [1.807, 2.05) is 47.0 Å². The molecule has 7 nitrogen and oxygen atoms in total. The molecule has 1 saturated carbocycles. The SMILES string of the molecule is CC1(C)C[C@H]2C[C@](C)(CN2Cn2c(O)c(N=NC(=O)CSc3nc4ccccc4s3)c3cc(Br)ccc32)C1. The third kappa shape index (κ3) is 5.03. The molecule has 2 aromatic carbocycles. The van der Waals surface area contributed by atoms with Crippen LogP contribution in [0.5, 0.6) is 5.88 Å². The lowest BCUT2D eigenvalue weighted by atomic mass is 9.65. The normalized spacial score (nSPS) is 23.2. The minimum Gasteiger partial charge on any atom is -0.493 e. The fourth-order valence-electron chi connectivity index (χ4n) is 6.63. The summed E-state index contributed by atoms with van der Waals surface area (Å²) in [5.74, 6) is -0.191. The predicted molar refractivity (Wildman–Crippen MR) is 157 cm³/mol. The Morgan fingerprint density at radius 1 is 1.24 bits per heavy atom. The summed E-state index contributed by atoms with van der Waals surface area (Å²) in [5, 5.41) is 20.3. The number of benzene rings is 2. The predicted octanol–water partition coefficient (Wildman–Crippen LogP) is 7.98. The van der Waals surface area contributed by atoms with Crippen molar-refractivity contribution in [2.75, 3.05) is 12.3 Å². The van der Waals surface area contributed by atoms with Gasteiger partial charge in [0, 0.05) is 22.4 Å². The van der Waals surface area contributed by atoms with Crippen LogP contribution < -0.4 is 0 Å². The molecule has 0 unspecified atom stereocenters. The number of aromatic hydroxyl groups is 1. The highest BCUT2D eigenvalue weighted by Gasteiger charge is 2.49. The molecular formula is C28H30BrN5O2S2. The number of para-hydroxylation sites is 1. The molecule has 1 aliphatic carbocycles. The molecule has 0 spiro atoms. The summed E-state index contributed by atoms with van der Waals surface area (Å²) in [7, 11) is 0. The van der Waals surface area contributed by atoms with Gasteiger partial charge >= 0.3 is 0 Å². The van der Waals surface area contributed by atoms with E-state index in [9.17, 15) is 9.90 Å². The molecule has 6 rings (SSSR count). The molecule has 2 fully saturated rings. The number of carbonyl (C=O) groups is 1. The van der Waals surface area contributed by atoms with Crippen LogP contribution in [-0.4, -0.2) is 43.8 Å². The monoisotopic (exact) mass is 611 g/mol. The van der Waals surface area contributed by atoms with E-state index in [-0.39, 0.29) is 17.5 Å². The molecule has 1 saturated heterocycles. The summed E-state index contributed by atoms with van der Waals surface area (Å²) in [6.07, 6.45) is 3.56. The van der Waals surface area contributed by atoms with Gasteiger partial charge in [-0.3, -0.25) is 14.3 Å². The Morgan fingerprint density at radius 3 is 2.87 bits per heavy atom. The highest BCUT2D eigenvalue weighted by Crippen LogP contribution is 2.53. The maximum Gasteiger partial charge on any atom is 0.274 e. The van der Waals surface area contributed by atoms with Crippen LogP contribution in [-0.2, 0) is 11.5 Å². The van der Waals surface area contributed by atoms with E-state index < -0.39 is 0 Å². The third-order valence-corrected chi connectivity index (χ3v) is 10.3. The van der Waals surface area contributed by atoms with Gasteiger partial charge in [-0.25, -0.2) is 4.98 Å². The molecule has 2 aliphatic rings. The summed E-state index contributed by atoms with van der Waals surface area (Å²) >= 11 is 6.46. The van der Waals surface area contributed by atoms with Gasteiger partial charge in [-0.15, -0.1) is 21.6 Å². The number of carbonyl (C=O) groups excluding carboxylic acids is 1. The van der Waals surface area contributed by atoms with Crippen LogP contribution >= 0.6 is 39.0 Å². The van der Waals surface area contributed by atoms with Gasteiger partial charge in [0.25, 0.3) is 5.91 Å². The number of nitrogens with zero attached hydrogens (tertiary/aromatic N) is 5. The Morgan fingerprint density at radius 2 is 2.05 bits per heavy atom. The first-order valence-electron chi connectivity index (χ1n) is 12.8. The highest BCUT2D eigenvalue weighted by atomic mass is 79.9. The number of fused-ring (bicyclic) bond motifs is 4. The number of aromatic nitrogens is 2. The first-order valence-corrected chi connectivity index (χ1v) is 15.4. The molecule has 1 aliphatic heterocycles. The molecule has 1 N–H and O–H groups in total. The smallest absolute Gasteiger partial charge is 0.274 e. The zero-order valence-corrected chi connectivity index (χ0v) is 24.9. The largest absolute Gasteiger partial charge is 0.493 e. The van der Waals surface area contributed by atoms with Crippen molar-refractivity contribution in [1.29, 1.82) is 0 Å². The van der Waals surface area contributed by atoms with E-state index in [1.165, 1.54) is 24.6 Å². The summed E-state index contributed by atoms with van der Waals surface area (Å²) in [5.41, 5.74) is 2.75. The molecule has 4 aromatic rings. The van der Waals surface area contributed by atoms with E-state index >= 15 is 0 Å². The number of likely N-dealkylation sites (tertiary alicyclic amines) is 1. The minimum absolute atomic E-state index is 0.0411. The fourth-order valence-corrected chi connectivity index (χ4v) is 8.84. The second-order valence-corrected chi connectivity index (χ2v) is 14.9. The minimum atomic E-state index is -0.368. The van der Waals surface area contributed by atoms with Crippen LogP contribution in [0.3, 0.4) is 0 Å². The molecular weight excluding hydrogens is 582 g/mol. The number of azo groups is 1. The van der Waals surface area contributed by atoms with Crippen molar-refractivity contribution in [3.63, 3.8) is 0 Å². The third-order valence-electron chi connectivity index (χ3n) is 7.67. The Hall–Kier alpha value is -2.27. The van der Waals surface area contributed by atoms with E-state index in [0.717, 1.165) is 42.9 Å². The van der Waals surface area contributed by atoms with Crippen molar-refractivity contribution in [2.24, 2.45) is 21.1 Å². The Balaban J connectivity index is 1.23. The average Bonchev–Trinajstić information content (AvgIpc) is 3.45. The van der Waals surface area contributed by atoms with Gasteiger partial charge in [-0.05, 0) is 60.4 Å². The standard InChI is InChI=1S/C28H30BrN5O2S2/c1-27(2)11-18-12-28(3,14-27)15-33(18)16-34-21-9-8-17(29)10-19(21)24(25(34)36)32-31-23(35)13-37-26-30-20-6-4-5-7-22(20)38-26/h4-10,18,36H,11-16H2,1-3H3/t18-,28-/m0/s1. The van der Waals surface area contributed by atoms with E-state index in [0.29, 0.717) is 29.2 Å². The van der Waals surface area contributed by atoms with Crippen LogP contribution in [0.4, 0.5) is 5.69 Å². The molecule has 2 bridgehead atoms. The quantitative estimate of drug-likeness (QED) is 0.176. The number of hydrogen-bond donors (Lipinski definition) is 1. The lowest BCUT2D eigenvalue weighted by molar-refractivity contribution is -0.115. The zero-order chi connectivity index (χ0) is 26.7. The highest BCUT2D eigenvalue weighted by molar-refractivity contribution is 9.10. The van der Waals surface area contributed by atoms with Crippen molar-refractivity contribution >= 4 is 71.7 Å². The molecule has 38 heavy (non-hydrogen) atoms. The van der Waals surface area contributed by atoms with Crippen molar-refractivity contribution in [3.05, 3.63) is 46.9 Å². The first-order chi connectivity index (χ1) is 18.1. The van der Waals surface area contributed by atoms with Gasteiger partial charge in [-0.2, -0.15) is 0 Å². The van der Waals surface area contributed by atoms with Gasteiger partial charge in [0.2, 0.25) is 5.88 Å². The Bertz CT molecular complexity index is 1550. The van der Waals surface area contributed by atoms with E-state index in [2.05, 4.69) is 56.8 Å². The fraction of sp³-hybridized carbons (Fsp3) is 0.429. The van der Waals surface area contributed by atoms with E-state index in [1.54, 1.807) is 11.3 Å². The van der Waals surface area contributed by atoms with Crippen LogP contribution in [0.25, 0.3) is 21.1 Å². The van der Waals surface area contributed by atoms with Crippen LogP contribution in [0.15, 0.2) is 61.5 Å². The van der Waals surface area contributed by atoms with Gasteiger partial charge in [0.05, 0.1) is 28.2 Å². The Labute approximate surface area is 238 Å². The first kappa shape index (κ1) is 26.0. The van der Waals surface area contributed by atoms with Gasteiger partial charge in [0.15, 0.2) is 10.0 Å². The molecule has 2 aromatic heterocycles. The van der Waals surface area contributed by atoms with Gasteiger partial charge < -0.3 is 5.11 Å². The van der Waals surface area contributed by atoms with Crippen LogP contribution in [0.1, 0.15) is 40.0 Å². The van der Waals surface area contributed by atoms with Gasteiger partial charge in [0.1, 0.15) is 0 Å². The number of thioether (sulfide) groups is 1. The summed E-state index contributed by atoms with van der Waals surface area (Å²) in [4.78, 5) is 19.7. The molecule has 3 heterocycles. The molecule has 1 amide bonds. The van der Waals surface area contributed by atoms with Crippen molar-refractivity contribution < 1.29 is 9.90 Å². The van der Waals surface area contributed by atoms with Crippen LogP contribution in [0, 0.1) is 10.8 Å². The summed E-state index contributed by atoms with van der Waals surface area (Å²) in [6, 6.07) is 14.3. The second kappa shape index (κ2) is 9.73. The van der Waals surface area contributed by atoms with Crippen molar-refractivity contribution in [2.45, 2.75) is 57.1 Å². The lowest BCUT2D eigenvalue weighted by Gasteiger charge is -2.40. The number of amides is 1. The van der Waals surface area contributed by atoms with Crippen LogP contribution in [0.2, 0.25) is 0 Å². The zero-order valence-electron chi connectivity index (χ0n) is 21.6. The number of rotatable bonds is 6. The topological polar surface area (TPSA) is 83.1 Å². The number of hydrogen-bond acceptors (Lipinski definition) is 7. The number of thiazole rings is 1. The second-order valence-electron chi connectivity index (χ2n) is 11.7. The molecule has 0 radical (unpaired) electrons. The average molecular weight is 613 g/mol. The Kier molecular flexibility index (Phi) is 6.65. The molecule has 198 valence electrons. The lowest BCUT2D eigenvalue weighted by Crippen LogP contribution is -2.35. The number of halogens is 1. The van der Waals surface area contributed by atoms with Gasteiger partial charge in [-0.1, -0.05) is 60.6 Å². The maximum absolute atomic E-state index is 12.6. The molecule has 10 heteroatoms.